The number of aryl methyl sites for hydroxylation is 1. The molecule has 0 bridgehead atoms. The zero-order valence-electron chi connectivity index (χ0n) is 15.2. The predicted octanol–water partition coefficient (Wildman–Crippen LogP) is 3.42. The maximum atomic E-state index is 13.2. The van der Waals surface area contributed by atoms with Gasteiger partial charge in [0.2, 0.25) is 0 Å². The van der Waals surface area contributed by atoms with Gasteiger partial charge in [-0.05, 0) is 49.2 Å². The van der Waals surface area contributed by atoms with E-state index >= 15 is 0 Å². The number of hydrogen-bond acceptors (Lipinski definition) is 5. The van der Waals surface area contributed by atoms with Gasteiger partial charge in [-0.3, -0.25) is 0 Å². The van der Waals surface area contributed by atoms with Crippen molar-refractivity contribution in [1.82, 2.24) is 3.97 Å². The Kier molecular flexibility index (Phi) is 5.51. The monoisotopic (exact) mass is 387 g/mol. The summed E-state index contributed by atoms with van der Waals surface area (Å²) in [5.41, 5.74) is 1.33. The number of nitrogens with zero attached hydrogens (tertiary/aromatic N) is 1. The molecule has 142 valence electrons. The standard InChI is InChI=1S/C20H21NO5S/c1-3-26-17-9-10-20-19(13-17)15(6-5-11-22)14-21(20)27(23,24)18-8-4-7-16(12-18)25-2/h4,7-14H,3,5-6H2,1-2H3. The van der Waals surface area contributed by atoms with Crippen molar-refractivity contribution in [1.29, 1.82) is 0 Å². The Morgan fingerprint density at radius 3 is 2.63 bits per heavy atom. The first-order valence-electron chi connectivity index (χ1n) is 8.61. The van der Waals surface area contributed by atoms with Gasteiger partial charge < -0.3 is 14.3 Å². The molecule has 3 rings (SSSR count). The molecule has 3 aromatic rings. The van der Waals surface area contributed by atoms with Crippen LogP contribution in [-0.2, 0) is 21.2 Å². The number of carbonyl (C=O) groups is 1. The number of methoxy groups -OCH3 is 1. The molecule has 0 aliphatic rings. The van der Waals surface area contributed by atoms with E-state index in [-0.39, 0.29) is 4.90 Å². The van der Waals surface area contributed by atoms with Crippen molar-refractivity contribution >= 4 is 27.2 Å². The van der Waals surface area contributed by atoms with Gasteiger partial charge in [0, 0.05) is 24.1 Å². The third-order valence-electron chi connectivity index (χ3n) is 4.27. The quantitative estimate of drug-likeness (QED) is 0.554. The third kappa shape index (κ3) is 3.68. The van der Waals surface area contributed by atoms with Crippen LogP contribution in [0.2, 0.25) is 0 Å². The van der Waals surface area contributed by atoms with E-state index in [9.17, 15) is 13.2 Å². The summed E-state index contributed by atoms with van der Waals surface area (Å²) in [5, 5.41) is 0.759. The Morgan fingerprint density at radius 1 is 1.11 bits per heavy atom. The minimum absolute atomic E-state index is 0.134. The molecule has 7 heteroatoms. The van der Waals surface area contributed by atoms with Crippen LogP contribution in [-0.4, -0.2) is 32.4 Å². The lowest BCUT2D eigenvalue weighted by Crippen LogP contribution is -2.12. The number of fused-ring (bicyclic) bond motifs is 1. The Morgan fingerprint density at radius 2 is 1.93 bits per heavy atom. The van der Waals surface area contributed by atoms with Gasteiger partial charge in [0.1, 0.15) is 17.8 Å². The van der Waals surface area contributed by atoms with E-state index in [1.165, 1.54) is 23.2 Å². The molecular formula is C20H21NO5S. The molecular weight excluding hydrogens is 366 g/mol. The minimum Gasteiger partial charge on any atom is -0.497 e. The average molecular weight is 387 g/mol. The number of rotatable bonds is 8. The summed E-state index contributed by atoms with van der Waals surface area (Å²) in [7, 11) is -2.33. The lowest BCUT2D eigenvalue weighted by atomic mass is 10.1. The van der Waals surface area contributed by atoms with E-state index in [1.807, 2.05) is 13.0 Å². The second-order valence-corrected chi connectivity index (χ2v) is 7.77. The number of ether oxygens (including phenoxy) is 2. The lowest BCUT2D eigenvalue weighted by molar-refractivity contribution is -0.107. The van der Waals surface area contributed by atoms with Crippen LogP contribution in [0, 0.1) is 0 Å². The normalized spacial score (nSPS) is 11.5. The Hall–Kier alpha value is -2.80. The van der Waals surface area contributed by atoms with Crippen molar-refractivity contribution in [3.8, 4) is 11.5 Å². The Bertz CT molecular complexity index is 1070. The first kappa shape index (κ1) is 19.0. The summed E-state index contributed by atoms with van der Waals surface area (Å²) in [5.74, 6) is 1.13. The van der Waals surface area contributed by atoms with Gasteiger partial charge in [0.15, 0.2) is 0 Å². The predicted molar refractivity (Wildman–Crippen MR) is 103 cm³/mol. The van der Waals surface area contributed by atoms with Gasteiger partial charge in [-0.2, -0.15) is 0 Å². The van der Waals surface area contributed by atoms with Crippen molar-refractivity contribution in [2.45, 2.75) is 24.7 Å². The molecule has 1 aromatic heterocycles. The minimum atomic E-state index is -3.82. The highest BCUT2D eigenvalue weighted by Gasteiger charge is 2.22. The van der Waals surface area contributed by atoms with Crippen molar-refractivity contribution < 1.29 is 22.7 Å². The molecule has 0 amide bonds. The zero-order valence-corrected chi connectivity index (χ0v) is 16.0. The number of benzene rings is 2. The van der Waals surface area contributed by atoms with Crippen molar-refractivity contribution in [2.24, 2.45) is 0 Å². The molecule has 0 aliphatic heterocycles. The van der Waals surface area contributed by atoms with E-state index in [4.69, 9.17) is 9.47 Å². The maximum absolute atomic E-state index is 13.2. The molecule has 0 spiro atoms. The molecule has 0 unspecified atom stereocenters. The van der Waals surface area contributed by atoms with Crippen molar-refractivity contribution in [2.75, 3.05) is 13.7 Å². The summed E-state index contributed by atoms with van der Waals surface area (Å²) >= 11 is 0. The molecule has 6 nitrogen and oxygen atoms in total. The largest absolute Gasteiger partial charge is 0.497 e. The second kappa shape index (κ2) is 7.84. The van der Waals surface area contributed by atoms with Crippen LogP contribution >= 0.6 is 0 Å². The molecule has 27 heavy (non-hydrogen) atoms. The van der Waals surface area contributed by atoms with Crippen LogP contribution in [0.25, 0.3) is 10.9 Å². The van der Waals surface area contributed by atoms with E-state index in [0.717, 1.165) is 17.2 Å². The fourth-order valence-electron chi connectivity index (χ4n) is 2.99. The smallest absolute Gasteiger partial charge is 0.268 e. The van der Waals surface area contributed by atoms with Gasteiger partial charge in [-0.15, -0.1) is 0 Å². The highest BCUT2D eigenvalue weighted by molar-refractivity contribution is 7.90. The lowest BCUT2D eigenvalue weighted by Gasteiger charge is -2.09. The second-order valence-electron chi connectivity index (χ2n) is 5.95. The van der Waals surface area contributed by atoms with Crippen LogP contribution in [0.15, 0.2) is 53.6 Å². The summed E-state index contributed by atoms with van der Waals surface area (Å²) < 4.78 is 38.4. The number of aldehydes is 1. The Labute approximate surface area is 158 Å². The van der Waals surface area contributed by atoms with E-state index in [1.54, 1.807) is 30.5 Å². The van der Waals surface area contributed by atoms with Crippen molar-refractivity contribution in [3.63, 3.8) is 0 Å². The number of carbonyl (C=O) groups excluding carboxylic acids is 1. The van der Waals surface area contributed by atoms with Crippen LogP contribution < -0.4 is 9.47 Å². The van der Waals surface area contributed by atoms with Crippen LogP contribution in [0.4, 0.5) is 0 Å². The molecule has 2 aromatic carbocycles. The number of hydrogen-bond donors (Lipinski definition) is 0. The fraction of sp³-hybridized carbons (Fsp3) is 0.250. The van der Waals surface area contributed by atoms with Crippen LogP contribution in [0.1, 0.15) is 18.9 Å². The summed E-state index contributed by atoms with van der Waals surface area (Å²) in [6, 6.07) is 11.6. The molecule has 0 fully saturated rings. The van der Waals surface area contributed by atoms with E-state index in [0.29, 0.717) is 36.5 Å². The summed E-state index contributed by atoms with van der Waals surface area (Å²) in [6.45, 7) is 2.40. The van der Waals surface area contributed by atoms with Crippen LogP contribution in [0.3, 0.4) is 0 Å². The fourth-order valence-corrected chi connectivity index (χ4v) is 4.42. The molecule has 0 atom stereocenters. The van der Waals surface area contributed by atoms with E-state index < -0.39 is 10.0 Å². The SMILES string of the molecule is CCOc1ccc2c(c1)c(CCC=O)cn2S(=O)(=O)c1cccc(OC)c1. The highest BCUT2D eigenvalue weighted by atomic mass is 32.2. The third-order valence-corrected chi connectivity index (χ3v) is 5.93. The molecule has 0 saturated carbocycles. The Balaban J connectivity index is 2.19. The molecule has 0 radical (unpaired) electrons. The molecule has 0 N–H and O–H groups in total. The first-order chi connectivity index (χ1) is 13.0. The van der Waals surface area contributed by atoms with Gasteiger partial charge in [-0.1, -0.05) is 6.07 Å². The number of aromatic nitrogens is 1. The van der Waals surface area contributed by atoms with Crippen molar-refractivity contribution in [3.05, 3.63) is 54.2 Å². The van der Waals surface area contributed by atoms with Gasteiger partial charge in [0.05, 0.1) is 24.1 Å². The maximum Gasteiger partial charge on any atom is 0.268 e. The average Bonchev–Trinajstić information content (AvgIpc) is 3.05. The topological polar surface area (TPSA) is 74.6 Å². The summed E-state index contributed by atoms with van der Waals surface area (Å²) in [4.78, 5) is 10.9. The van der Waals surface area contributed by atoms with Gasteiger partial charge in [0.25, 0.3) is 10.0 Å². The summed E-state index contributed by atoms with van der Waals surface area (Å²) in [6.07, 6.45) is 3.18. The molecule has 0 aliphatic carbocycles. The zero-order chi connectivity index (χ0) is 19.4. The molecule has 1 heterocycles. The highest BCUT2D eigenvalue weighted by Crippen LogP contribution is 2.30. The van der Waals surface area contributed by atoms with Gasteiger partial charge >= 0.3 is 0 Å². The van der Waals surface area contributed by atoms with E-state index in [2.05, 4.69) is 0 Å². The molecule has 0 saturated heterocycles. The van der Waals surface area contributed by atoms with Gasteiger partial charge in [-0.25, -0.2) is 12.4 Å². The van der Waals surface area contributed by atoms with Crippen LogP contribution in [0.5, 0.6) is 11.5 Å². The first-order valence-corrected chi connectivity index (χ1v) is 10.0.